The molecule has 0 aromatic heterocycles. The van der Waals surface area contributed by atoms with Crippen LogP contribution in [-0.4, -0.2) is 18.0 Å². The van der Waals surface area contributed by atoms with Crippen LogP contribution in [0.25, 0.3) is 11.5 Å². The van der Waals surface area contributed by atoms with E-state index in [-0.39, 0.29) is 5.76 Å². The van der Waals surface area contributed by atoms with Crippen molar-refractivity contribution >= 4 is 17.3 Å². The number of hydrogen-bond acceptors (Lipinski definition) is 1. The van der Waals surface area contributed by atoms with Gasteiger partial charge in [-0.3, -0.25) is 4.42 Å². The summed E-state index contributed by atoms with van der Waals surface area (Å²) >= 11 is 0. The number of aliphatic hydroxyl groups is 1. The number of carbonyl (C=O) groups excluding carboxylic acids is 1. The predicted molar refractivity (Wildman–Crippen MR) is 66.8 cm³/mol. The van der Waals surface area contributed by atoms with Crippen LogP contribution in [-0.2, 0) is 4.42 Å². The van der Waals surface area contributed by atoms with Crippen LogP contribution in [0.4, 0.5) is 0 Å². The van der Waals surface area contributed by atoms with Gasteiger partial charge in [-0.1, -0.05) is 30.0 Å². The third-order valence-corrected chi connectivity index (χ3v) is 2.94. The molecule has 0 bridgehead atoms. The van der Waals surface area contributed by atoms with Gasteiger partial charge in [0.1, 0.15) is 11.3 Å². The molecule has 1 aromatic carbocycles. The number of rotatable bonds is 0. The summed E-state index contributed by atoms with van der Waals surface area (Å²) in [6.45, 7) is 0. The SMILES string of the molecule is C[O+]=C1C=CC=C2C1=C=c1ccccc1=C2O. The zero-order valence-electron chi connectivity index (χ0n) is 9.40. The summed E-state index contributed by atoms with van der Waals surface area (Å²) < 4.78 is 5.29. The Morgan fingerprint density at radius 3 is 2.88 bits per heavy atom. The largest absolute Gasteiger partial charge is 0.507 e. The zero-order chi connectivity index (χ0) is 11.8. The van der Waals surface area contributed by atoms with Crippen LogP contribution >= 0.6 is 0 Å². The van der Waals surface area contributed by atoms with Crippen molar-refractivity contribution in [2.45, 2.75) is 0 Å². The first kappa shape index (κ1) is 9.88. The Bertz CT molecular complexity index is 739. The number of hydrogen-bond donors (Lipinski definition) is 1. The molecule has 17 heavy (non-hydrogen) atoms. The van der Waals surface area contributed by atoms with Crippen LogP contribution < -0.4 is 10.4 Å². The number of benzene rings is 1. The lowest BCUT2D eigenvalue weighted by Gasteiger charge is -2.10. The molecule has 0 saturated carbocycles. The van der Waals surface area contributed by atoms with Crippen LogP contribution in [0.5, 0.6) is 0 Å². The van der Waals surface area contributed by atoms with Crippen LogP contribution in [0.3, 0.4) is 0 Å². The van der Waals surface area contributed by atoms with Crippen LogP contribution in [0.1, 0.15) is 0 Å². The van der Waals surface area contributed by atoms with Crippen LogP contribution in [0, 0.1) is 0 Å². The summed E-state index contributed by atoms with van der Waals surface area (Å²) in [4.78, 5) is 0. The van der Waals surface area contributed by atoms with E-state index in [2.05, 4.69) is 5.73 Å². The molecule has 2 aliphatic carbocycles. The number of fused-ring (bicyclic) bond motifs is 2. The molecule has 0 saturated heterocycles. The lowest BCUT2D eigenvalue weighted by molar-refractivity contribution is -0.418. The maximum absolute atomic E-state index is 10.3. The van der Waals surface area contributed by atoms with E-state index in [1.807, 2.05) is 42.5 Å². The van der Waals surface area contributed by atoms with Gasteiger partial charge in [0.2, 0.25) is 0 Å². The Morgan fingerprint density at radius 1 is 1.24 bits per heavy atom. The summed E-state index contributed by atoms with van der Waals surface area (Å²) in [7, 11) is 1.62. The molecule has 1 N–H and O–H groups in total. The second kappa shape index (κ2) is 3.62. The van der Waals surface area contributed by atoms with Crippen molar-refractivity contribution in [3.63, 3.8) is 0 Å². The van der Waals surface area contributed by atoms with Gasteiger partial charge in [0.05, 0.1) is 0 Å². The molecule has 3 rings (SSSR count). The fourth-order valence-electron chi connectivity index (χ4n) is 2.11. The molecule has 2 aliphatic rings. The van der Waals surface area contributed by atoms with E-state index in [9.17, 15) is 5.11 Å². The highest BCUT2D eigenvalue weighted by atomic mass is 16.4. The Labute approximate surface area is 98.5 Å². The third-order valence-electron chi connectivity index (χ3n) is 2.94. The van der Waals surface area contributed by atoms with Gasteiger partial charge in [-0.25, -0.2) is 0 Å². The minimum atomic E-state index is 0.285. The summed E-state index contributed by atoms with van der Waals surface area (Å²) in [6.07, 6.45) is 5.60. The van der Waals surface area contributed by atoms with Crippen molar-refractivity contribution in [3.05, 3.63) is 64.1 Å². The molecule has 0 unspecified atom stereocenters. The maximum Gasteiger partial charge on any atom is 0.358 e. The lowest BCUT2D eigenvalue weighted by atomic mass is 9.92. The van der Waals surface area contributed by atoms with Crippen molar-refractivity contribution in [2.24, 2.45) is 0 Å². The quantitative estimate of drug-likeness (QED) is 0.651. The third kappa shape index (κ3) is 1.39. The first-order valence-corrected chi connectivity index (χ1v) is 5.41. The van der Waals surface area contributed by atoms with E-state index in [1.54, 1.807) is 7.11 Å². The molecule has 0 spiro atoms. The van der Waals surface area contributed by atoms with Gasteiger partial charge in [-0.2, -0.15) is 0 Å². The normalized spacial score (nSPS) is 19.1. The van der Waals surface area contributed by atoms with Crippen LogP contribution in [0.15, 0.2) is 53.6 Å². The van der Waals surface area contributed by atoms with E-state index < -0.39 is 0 Å². The predicted octanol–water partition coefficient (Wildman–Crippen LogP) is 0.903. The molecule has 0 atom stereocenters. The molecule has 0 fully saturated rings. The molecule has 0 amide bonds. The topological polar surface area (TPSA) is 31.5 Å². The fraction of sp³-hybridized carbons (Fsp3) is 0.0667. The highest BCUT2D eigenvalue weighted by molar-refractivity contribution is 6.13. The van der Waals surface area contributed by atoms with Gasteiger partial charge >= 0.3 is 5.78 Å². The fourth-order valence-corrected chi connectivity index (χ4v) is 2.11. The molecule has 1 aromatic rings. The van der Waals surface area contributed by atoms with Gasteiger partial charge in [-0.15, -0.1) is 0 Å². The van der Waals surface area contributed by atoms with Gasteiger partial charge in [0, 0.05) is 22.1 Å². The van der Waals surface area contributed by atoms with Gasteiger partial charge < -0.3 is 5.11 Å². The van der Waals surface area contributed by atoms with E-state index in [0.717, 1.165) is 27.4 Å². The van der Waals surface area contributed by atoms with E-state index in [4.69, 9.17) is 4.42 Å². The smallest absolute Gasteiger partial charge is 0.358 e. The average Bonchev–Trinajstić information content (AvgIpc) is 2.38. The average molecular weight is 223 g/mol. The van der Waals surface area contributed by atoms with Crippen molar-refractivity contribution in [3.8, 4) is 0 Å². The molecular formula is C15H11O2+. The van der Waals surface area contributed by atoms with Gasteiger partial charge in [0.15, 0.2) is 0 Å². The van der Waals surface area contributed by atoms with Crippen molar-refractivity contribution in [1.82, 2.24) is 0 Å². The summed E-state index contributed by atoms with van der Waals surface area (Å²) in [5.41, 5.74) is 4.86. The number of allylic oxidation sites excluding steroid dienone is 3. The maximum atomic E-state index is 10.3. The highest BCUT2D eigenvalue weighted by Crippen LogP contribution is 2.23. The second-order valence-electron chi connectivity index (χ2n) is 3.90. The minimum Gasteiger partial charge on any atom is -0.507 e. The molecule has 82 valence electrons. The molecular weight excluding hydrogens is 212 g/mol. The van der Waals surface area contributed by atoms with Crippen molar-refractivity contribution < 1.29 is 9.53 Å². The molecule has 2 heteroatoms. The van der Waals surface area contributed by atoms with Crippen molar-refractivity contribution in [2.75, 3.05) is 7.11 Å². The van der Waals surface area contributed by atoms with Gasteiger partial charge in [-0.05, 0) is 12.1 Å². The summed E-state index contributed by atoms with van der Waals surface area (Å²) in [6, 6.07) is 7.66. The zero-order valence-corrected chi connectivity index (χ0v) is 9.40. The Kier molecular flexibility index (Phi) is 2.10. The van der Waals surface area contributed by atoms with E-state index in [1.165, 1.54) is 0 Å². The minimum absolute atomic E-state index is 0.285. The van der Waals surface area contributed by atoms with Crippen LogP contribution in [0.2, 0.25) is 0 Å². The Hall–Kier alpha value is -2.31. The Balaban J connectivity index is 2.51. The highest BCUT2D eigenvalue weighted by Gasteiger charge is 2.26. The Morgan fingerprint density at radius 2 is 2.06 bits per heavy atom. The molecule has 0 aliphatic heterocycles. The van der Waals surface area contributed by atoms with E-state index in [0.29, 0.717) is 0 Å². The molecule has 2 nitrogen and oxygen atoms in total. The van der Waals surface area contributed by atoms with E-state index >= 15 is 0 Å². The van der Waals surface area contributed by atoms with Crippen molar-refractivity contribution in [1.29, 1.82) is 0 Å². The first-order valence-electron chi connectivity index (χ1n) is 5.41. The second-order valence-corrected chi connectivity index (χ2v) is 3.90. The molecule has 0 radical (unpaired) electrons. The summed E-state index contributed by atoms with van der Waals surface area (Å²) in [5, 5.41) is 12.0. The number of aliphatic hydroxyl groups excluding tert-OH is 1. The standard InChI is InChI=1S/C15H10O2/c1-17-14-8-4-7-12-13(14)9-10-5-2-3-6-11(10)15(12)16/h2-8H,1H3/p+1. The summed E-state index contributed by atoms with van der Waals surface area (Å²) in [5.74, 6) is 1.01. The number of ketones is 1. The monoisotopic (exact) mass is 223 g/mol. The first-order chi connectivity index (χ1) is 8.31. The molecule has 0 heterocycles. The lowest BCUT2D eigenvalue weighted by Crippen LogP contribution is -2.30. The van der Waals surface area contributed by atoms with Gasteiger partial charge in [0.25, 0.3) is 7.11 Å².